The molecule has 0 radical (unpaired) electrons. The largest absolute Gasteiger partial charge is 0.484 e. The molecular formula is C20H28FN3O3. The summed E-state index contributed by atoms with van der Waals surface area (Å²) in [4.78, 5) is 26.1. The molecule has 3 rings (SSSR count). The predicted octanol–water partition coefficient (Wildman–Crippen LogP) is 2.83. The zero-order chi connectivity index (χ0) is 19.1. The number of carbonyl (C=O) groups is 2. The first kappa shape index (κ1) is 19.5. The van der Waals surface area contributed by atoms with E-state index < -0.39 is 0 Å². The van der Waals surface area contributed by atoms with Crippen LogP contribution in [0.25, 0.3) is 0 Å². The van der Waals surface area contributed by atoms with Gasteiger partial charge in [-0.1, -0.05) is 19.3 Å². The Morgan fingerprint density at radius 2 is 1.56 bits per heavy atom. The van der Waals surface area contributed by atoms with Crippen LogP contribution in [0.1, 0.15) is 44.9 Å². The quantitative estimate of drug-likeness (QED) is 0.829. The average Bonchev–Trinajstić information content (AvgIpc) is 2.68. The van der Waals surface area contributed by atoms with Crippen LogP contribution in [0.5, 0.6) is 5.75 Å². The van der Waals surface area contributed by atoms with E-state index in [0.29, 0.717) is 24.9 Å². The molecule has 0 atom stereocenters. The number of benzene rings is 1. The van der Waals surface area contributed by atoms with E-state index in [0.717, 1.165) is 25.7 Å². The molecule has 0 bridgehead atoms. The van der Waals surface area contributed by atoms with Crippen molar-refractivity contribution >= 4 is 11.9 Å². The normalized spacial score (nSPS) is 18.8. The summed E-state index contributed by atoms with van der Waals surface area (Å²) < 4.78 is 18.3. The zero-order valence-electron chi connectivity index (χ0n) is 15.6. The number of piperidine rings is 1. The topological polar surface area (TPSA) is 70.7 Å². The first-order valence-corrected chi connectivity index (χ1v) is 9.83. The monoisotopic (exact) mass is 377 g/mol. The molecule has 0 spiro atoms. The summed E-state index contributed by atoms with van der Waals surface area (Å²) in [5, 5.41) is 6.10. The standard InChI is InChI=1S/C20H28FN3O3/c21-15-6-8-18(9-7-15)27-14-19(25)24-12-10-17(11-13-24)23-20(26)22-16-4-2-1-3-5-16/h6-9,16-17H,1-5,10-14H2,(H2,22,23,26). The molecular weight excluding hydrogens is 349 g/mol. The van der Waals surface area contributed by atoms with Crippen LogP contribution in [0.15, 0.2) is 24.3 Å². The van der Waals surface area contributed by atoms with Crippen LogP contribution >= 0.6 is 0 Å². The predicted molar refractivity (Wildman–Crippen MR) is 100 cm³/mol. The summed E-state index contributed by atoms with van der Waals surface area (Å²) in [5.74, 6) is 0.0425. The van der Waals surface area contributed by atoms with Gasteiger partial charge in [-0.3, -0.25) is 4.79 Å². The van der Waals surface area contributed by atoms with Gasteiger partial charge in [0, 0.05) is 25.2 Å². The number of hydrogen-bond acceptors (Lipinski definition) is 3. The molecule has 1 saturated heterocycles. The number of likely N-dealkylation sites (tertiary alicyclic amines) is 1. The maximum atomic E-state index is 12.9. The van der Waals surface area contributed by atoms with Gasteiger partial charge in [-0.25, -0.2) is 9.18 Å². The number of amides is 3. The molecule has 3 amide bonds. The molecule has 2 fully saturated rings. The summed E-state index contributed by atoms with van der Waals surface area (Å²) in [6, 6.07) is 5.91. The fourth-order valence-electron chi connectivity index (χ4n) is 3.70. The molecule has 1 saturated carbocycles. The van der Waals surface area contributed by atoms with Crippen LogP contribution in [-0.2, 0) is 4.79 Å². The van der Waals surface area contributed by atoms with Gasteiger partial charge in [0.25, 0.3) is 5.91 Å². The van der Waals surface area contributed by atoms with Crippen molar-refractivity contribution in [1.29, 1.82) is 0 Å². The van der Waals surface area contributed by atoms with Crippen LogP contribution < -0.4 is 15.4 Å². The van der Waals surface area contributed by atoms with E-state index in [-0.39, 0.29) is 30.4 Å². The Balaban J connectivity index is 1.34. The van der Waals surface area contributed by atoms with Crippen molar-refractivity contribution < 1.29 is 18.7 Å². The molecule has 0 unspecified atom stereocenters. The second-order valence-corrected chi connectivity index (χ2v) is 7.35. The third-order valence-electron chi connectivity index (χ3n) is 5.30. The minimum Gasteiger partial charge on any atom is -0.484 e. The van der Waals surface area contributed by atoms with E-state index in [2.05, 4.69) is 10.6 Å². The van der Waals surface area contributed by atoms with Gasteiger partial charge in [-0.15, -0.1) is 0 Å². The number of nitrogens with one attached hydrogen (secondary N) is 2. The van der Waals surface area contributed by atoms with Gasteiger partial charge < -0.3 is 20.3 Å². The molecule has 27 heavy (non-hydrogen) atoms. The highest BCUT2D eigenvalue weighted by Crippen LogP contribution is 2.17. The lowest BCUT2D eigenvalue weighted by Gasteiger charge is -2.33. The van der Waals surface area contributed by atoms with Crippen LogP contribution in [0.3, 0.4) is 0 Å². The smallest absolute Gasteiger partial charge is 0.315 e. The highest BCUT2D eigenvalue weighted by Gasteiger charge is 2.25. The molecule has 1 heterocycles. The Labute approximate surface area is 159 Å². The second kappa shape index (κ2) is 9.58. The van der Waals surface area contributed by atoms with Crippen molar-refractivity contribution in [3.8, 4) is 5.75 Å². The number of nitrogens with zero attached hydrogens (tertiary/aromatic N) is 1. The van der Waals surface area contributed by atoms with Gasteiger partial charge in [0.2, 0.25) is 0 Å². The molecule has 1 aliphatic heterocycles. The second-order valence-electron chi connectivity index (χ2n) is 7.35. The third-order valence-corrected chi connectivity index (χ3v) is 5.30. The van der Waals surface area contributed by atoms with Gasteiger partial charge in [0.05, 0.1) is 0 Å². The van der Waals surface area contributed by atoms with Crippen molar-refractivity contribution in [2.75, 3.05) is 19.7 Å². The molecule has 1 aliphatic carbocycles. The van der Waals surface area contributed by atoms with Crippen LogP contribution in [0.4, 0.5) is 9.18 Å². The average molecular weight is 377 g/mol. The summed E-state index contributed by atoms with van der Waals surface area (Å²) in [6.45, 7) is 1.13. The number of carbonyl (C=O) groups excluding carboxylic acids is 2. The molecule has 148 valence electrons. The van der Waals surface area contributed by atoms with Crippen molar-refractivity contribution in [1.82, 2.24) is 15.5 Å². The minimum absolute atomic E-state index is 0.0636. The third kappa shape index (κ3) is 6.12. The Kier molecular flexibility index (Phi) is 6.90. The molecule has 7 heteroatoms. The Morgan fingerprint density at radius 3 is 2.19 bits per heavy atom. The summed E-state index contributed by atoms with van der Waals surface area (Å²) in [6.07, 6.45) is 7.23. The van der Waals surface area contributed by atoms with Gasteiger partial charge in [-0.05, 0) is 49.9 Å². The minimum atomic E-state index is -0.337. The van der Waals surface area contributed by atoms with Gasteiger partial charge in [-0.2, -0.15) is 0 Å². The van der Waals surface area contributed by atoms with E-state index in [1.165, 1.54) is 43.5 Å². The number of urea groups is 1. The summed E-state index contributed by atoms with van der Waals surface area (Å²) >= 11 is 0. The maximum absolute atomic E-state index is 12.9. The highest BCUT2D eigenvalue weighted by atomic mass is 19.1. The highest BCUT2D eigenvalue weighted by molar-refractivity contribution is 5.78. The van der Waals surface area contributed by atoms with Crippen LogP contribution in [-0.4, -0.2) is 48.6 Å². The number of rotatable bonds is 5. The number of halogens is 1. The SMILES string of the molecule is O=C(NC1CCCCC1)NC1CCN(C(=O)COc2ccc(F)cc2)CC1. The number of ether oxygens (including phenoxy) is 1. The fraction of sp³-hybridized carbons (Fsp3) is 0.600. The Bertz CT molecular complexity index is 624. The van der Waals surface area contributed by atoms with E-state index in [1.807, 2.05) is 0 Å². The lowest BCUT2D eigenvalue weighted by atomic mass is 9.96. The van der Waals surface area contributed by atoms with Crippen LogP contribution in [0, 0.1) is 5.82 Å². The molecule has 2 aliphatic rings. The lowest BCUT2D eigenvalue weighted by Crippen LogP contribution is -2.51. The van der Waals surface area contributed by atoms with E-state index in [9.17, 15) is 14.0 Å². The number of hydrogen-bond donors (Lipinski definition) is 2. The first-order chi connectivity index (χ1) is 13.1. The molecule has 2 N–H and O–H groups in total. The Morgan fingerprint density at radius 1 is 0.963 bits per heavy atom. The molecule has 1 aromatic carbocycles. The molecule has 1 aromatic rings. The lowest BCUT2D eigenvalue weighted by molar-refractivity contribution is -0.134. The van der Waals surface area contributed by atoms with Crippen molar-refractivity contribution in [3.05, 3.63) is 30.1 Å². The zero-order valence-corrected chi connectivity index (χ0v) is 15.6. The fourth-order valence-corrected chi connectivity index (χ4v) is 3.70. The molecule has 0 aromatic heterocycles. The summed E-state index contributed by atoms with van der Waals surface area (Å²) in [7, 11) is 0. The van der Waals surface area contributed by atoms with Crippen molar-refractivity contribution in [2.24, 2.45) is 0 Å². The van der Waals surface area contributed by atoms with Crippen molar-refractivity contribution in [3.63, 3.8) is 0 Å². The first-order valence-electron chi connectivity index (χ1n) is 9.83. The van der Waals surface area contributed by atoms with E-state index in [1.54, 1.807) is 4.90 Å². The van der Waals surface area contributed by atoms with E-state index >= 15 is 0 Å². The molecule has 6 nitrogen and oxygen atoms in total. The Hall–Kier alpha value is -2.31. The maximum Gasteiger partial charge on any atom is 0.315 e. The summed E-state index contributed by atoms with van der Waals surface area (Å²) in [5.41, 5.74) is 0. The van der Waals surface area contributed by atoms with E-state index in [4.69, 9.17) is 4.74 Å². The van der Waals surface area contributed by atoms with Crippen molar-refractivity contribution in [2.45, 2.75) is 57.0 Å². The van der Waals surface area contributed by atoms with Crippen LogP contribution in [0.2, 0.25) is 0 Å². The van der Waals surface area contributed by atoms with Gasteiger partial charge in [0.1, 0.15) is 11.6 Å². The van der Waals surface area contributed by atoms with Gasteiger partial charge >= 0.3 is 6.03 Å². The van der Waals surface area contributed by atoms with Gasteiger partial charge in [0.15, 0.2) is 6.61 Å².